The number of urea groups is 1. The van der Waals surface area contributed by atoms with Crippen LogP contribution in [0.15, 0.2) is 48.1 Å². The van der Waals surface area contributed by atoms with E-state index in [4.69, 9.17) is 5.73 Å². The number of carbonyl (C=O) groups is 3. The van der Waals surface area contributed by atoms with Gasteiger partial charge in [-0.1, -0.05) is 0 Å². The Labute approximate surface area is 287 Å². The first kappa shape index (κ1) is 35.3. The lowest BCUT2D eigenvalue weighted by Gasteiger charge is -2.40. The highest BCUT2D eigenvalue weighted by atomic mass is 32.1. The first-order valence-corrected chi connectivity index (χ1v) is 17.0. The van der Waals surface area contributed by atoms with Crippen molar-refractivity contribution in [2.75, 3.05) is 55.2 Å². The third-order valence-electron chi connectivity index (χ3n) is 9.55. The van der Waals surface area contributed by atoms with Crippen molar-refractivity contribution in [2.24, 2.45) is 5.92 Å². The number of benzene rings is 1. The van der Waals surface area contributed by atoms with Gasteiger partial charge in [-0.2, -0.15) is 26.3 Å². The fourth-order valence-electron chi connectivity index (χ4n) is 6.89. The molecule has 1 aromatic carbocycles. The van der Waals surface area contributed by atoms with Crippen molar-refractivity contribution in [3.05, 3.63) is 70.4 Å². The number of alkyl halides is 6. The number of nitrogens with one attached hydrogen (secondary N) is 1. The zero-order valence-electron chi connectivity index (χ0n) is 26.8. The molecule has 3 aromatic rings. The maximum Gasteiger partial charge on any atom is 0.418 e. The van der Waals surface area contributed by atoms with Crippen LogP contribution in [0.3, 0.4) is 0 Å². The normalized spacial score (nSPS) is 18.2. The molecule has 3 aliphatic rings. The Kier molecular flexibility index (Phi) is 9.88. The zero-order chi connectivity index (χ0) is 35.8. The molecule has 0 unspecified atom stereocenters. The van der Waals surface area contributed by atoms with Gasteiger partial charge in [0, 0.05) is 75.4 Å². The van der Waals surface area contributed by atoms with Crippen LogP contribution in [0, 0.1) is 5.92 Å². The van der Waals surface area contributed by atoms with Gasteiger partial charge in [-0.15, -0.1) is 11.3 Å². The standard InChI is InChI=1S/C33H35F6N7O3S/c34-32(35,36)25-16-20(17-26(28(25)40)33(37,38)39)15-22(30(48)45-12-10-43(11-13-45)23-1-6-41-7-2-23)18-27(47)44-8-3-24(4-9-44)46-19-21-5-14-50-29(21)42-31(46)49/h1-2,5-7,14,16-17,22,24H,3-4,8-13,15,18-19,40H2,(H,42,49)/t22-/m0/s1. The molecule has 3 aliphatic heterocycles. The monoisotopic (exact) mass is 723 g/mol. The summed E-state index contributed by atoms with van der Waals surface area (Å²) in [6, 6.07) is 6.28. The third-order valence-corrected chi connectivity index (χ3v) is 10.4. The Morgan fingerprint density at radius 2 is 1.54 bits per heavy atom. The molecular weight excluding hydrogens is 688 g/mol. The predicted octanol–water partition coefficient (Wildman–Crippen LogP) is 5.70. The molecule has 2 aromatic heterocycles. The summed E-state index contributed by atoms with van der Waals surface area (Å²) in [4.78, 5) is 51.2. The van der Waals surface area contributed by atoms with Gasteiger partial charge in [0.1, 0.15) is 5.00 Å². The van der Waals surface area contributed by atoms with Gasteiger partial charge >= 0.3 is 18.4 Å². The Bertz CT molecular complexity index is 1680. The molecule has 268 valence electrons. The minimum absolute atomic E-state index is 0.141. The number of thiophene rings is 1. The summed E-state index contributed by atoms with van der Waals surface area (Å²) in [6.45, 7) is 2.32. The molecule has 2 fully saturated rings. The summed E-state index contributed by atoms with van der Waals surface area (Å²) in [5.74, 6) is -2.20. The first-order valence-electron chi connectivity index (χ1n) is 16.1. The van der Waals surface area contributed by atoms with Crippen molar-refractivity contribution in [1.29, 1.82) is 0 Å². The van der Waals surface area contributed by atoms with E-state index in [2.05, 4.69) is 10.3 Å². The van der Waals surface area contributed by atoms with E-state index in [0.29, 0.717) is 44.6 Å². The maximum absolute atomic E-state index is 14.0. The van der Waals surface area contributed by atoms with Crippen molar-refractivity contribution in [3.63, 3.8) is 0 Å². The highest BCUT2D eigenvalue weighted by Gasteiger charge is 2.42. The van der Waals surface area contributed by atoms with Gasteiger partial charge < -0.3 is 25.3 Å². The number of likely N-dealkylation sites (tertiary alicyclic amines) is 1. The number of anilines is 3. The molecule has 17 heteroatoms. The molecule has 5 heterocycles. The van der Waals surface area contributed by atoms with Crippen LogP contribution in [0.25, 0.3) is 0 Å². The van der Waals surface area contributed by atoms with E-state index in [1.54, 1.807) is 22.2 Å². The molecule has 0 radical (unpaired) electrons. The molecule has 4 amide bonds. The molecule has 1 atom stereocenters. The van der Waals surface area contributed by atoms with E-state index >= 15 is 0 Å². The summed E-state index contributed by atoms with van der Waals surface area (Å²) in [5, 5.41) is 5.58. The SMILES string of the molecule is Nc1c(C(F)(F)F)cc(C[C@@H](CC(=O)N2CCC(N3Cc4ccsc4NC3=O)CC2)C(=O)N2CCN(c3ccncc3)CC2)cc1C(F)(F)F. The molecule has 10 nitrogen and oxygen atoms in total. The quantitative estimate of drug-likeness (QED) is 0.239. The van der Waals surface area contributed by atoms with Gasteiger partial charge in [0.05, 0.1) is 29.3 Å². The molecule has 0 saturated carbocycles. The second kappa shape index (κ2) is 14.0. The fourth-order valence-corrected chi connectivity index (χ4v) is 7.68. The van der Waals surface area contributed by atoms with Crippen LogP contribution < -0.4 is 16.0 Å². The summed E-state index contributed by atoms with van der Waals surface area (Å²) in [7, 11) is 0. The minimum Gasteiger partial charge on any atom is -0.398 e. The second-order valence-electron chi connectivity index (χ2n) is 12.7. The number of nitrogen functional groups attached to an aromatic ring is 1. The topological polar surface area (TPSA) is 115 Å². The van der Waals surface area contributed by atoms with Crippen LogP contribution in [-0.2, 0) is 34.9 Å². The van der Waals surface area contributed by atoms with Crippen LogP contribution in [0.2, 0.25) is 0 Å². The Morgan fingerprint density at radius 3 is 2.14 bits per heavy atom. The molecule has 0 bridgehead atoms. The summed E-state index contributed by atoms with van der Waals surface area (Å²) < 4.78 is 83.0. The average Bonchev–Trinajstić information content (AvgIpc) is 3.54. The number of rotatable bonds is 7. The van der Waals surface area contributed by atoms with Gasteiger partial charge in [0.2, 0.25) is 11.8 Å². The number of pyridine rings is 1. The number of piperidine rings is 1. The number of aromatic nitrogens is 1. The molecule has 0 spiro atoms. The average molecular weight is 724 g/mol. The second-order valence-corrected chi connectivity index (χ2v) is 13.6. The largest absolute Gasteiger partial charge is 0.418 e. The molecule has 6 rings (SSSR count). The van der Waals surface area contributed by atoms with Gasteiger partial charge in [0.25, 0.3) is 0 Å². The van der Waals surface area contributed by atoms with E-state index in [1.807, 2.05) is 28.5 Å². The molecule has 2 saturated heterocycles. The highest BCUT2D eigenvalue weighted by molar-refractivity contribution is 7.14. The van der Waals surface area contributed by atoms with E-state index < -0.39 is 65.3 Å². The predicted molar refractivity (Wildman–Crippen MR) is 174 cm³/mol. The van der Waals surface area contributed by atoms with Crippen LogP contribution in [0.5, 0.6) is 0 Å². The number of hydrogen-bond acceptors (Lipinski definition) is 7. The number of nitrogens with zero attached hydrogens (tertiary/aromatic N) is 5. The van der Waals surface area contributed by atoms with E-state index in [9.17, 15) is 40.7 Å². The van der Waals surface area contributed by atoms with Gasteiger partial charge in [0.15, 0.2) is 0 Å². The van der Waals surface area contributed by atoms with Crippen molar-refractivity contribution in [2.45, 2.75) is 50.6 Å². The van der Waals surface area contributed by atoms with Crippen LogP contribution in [0.1, 0.15) is 41.5 Å². The Morgan fingerprint density at radius 1 is 0.920 bits per heavy atom. The lowest BCUT2D eigenvalue weighted by Crippen LogP contribution is -2.52. The highest BCUT2D eigenvalue weighted by Crippen LogP contribution is 2.42. The van der Waals surface area contributed by atoms with Crippen LogP contribution in [0.4, 0.5) is 47.5 Å². The number of piperazine rings is 1. The fraction of sp³-hybridized carbons (Fsp3) is 0.455. The number of carbonyl (C=O) groups excluding carboxylic acids is 3. The van der Waals surface area contributed by atoms with E-state index in [1.165, 1.54) is 16.2 Å². The van der Waals surface area contributed by atoms with Crippen molar-refractivity contribution in [1.82, 2.24) is 19.7 Å². The minimum atomic E-state index is -5.18. The smallest absolute Gasteiger partial charge is 0.398 e. The van der Waals surface area contributed by atoms with Gasteiger partial charge in [-0.25, -0.2) is 4.79 Å². The maximum atomic E-state index is 14.0. The molecule has 50 heavy (non-hydrogen) atoms. The summed E-state index contributed by atoms with van der Waals surface area (Å²) in [6.07, 6.45) is -7.10. The van der Waals surface area contributed by atoms with Crippen molar-refractivity contribution >= 4 is 45.6 Å². The summed E-state index contributed by atoms with van der Waals surface area (Å²) in [5.41, 5.74) is 2.10. The molecular formula is C33H35F6N7O3S. The molecule has 0 aliphatic carbocycles. The number of hydrogen-bond donors (Lipinski definition) is 2. The third kappa shape index (κ3) is 7.61. The van der Waals surface area contributed by atoms with Crippen molar-refractivity contribution < 1.29 is 40.7 Å². The number of amides is 4. The van der Waals surface area contributed by atoms with E-state index in [0.717, 1.165) is 16.3 Å². The number of nitrogens with two attached hydrogens (primary N) is 1. The lowest BCUT2D eigenvalue weighted by molar-refractivity contribution is -0.142. The first-order chi connectivity index (χ1) is 23.7. The Hall–Kier alpha value is -4.54. The van der Waals surface area contributed by atoms with Gasteiger partial charge in [-0.3, -0.25) is 19.9 Å². The molecule has 3 N–H and O–H groups in total. The van der Waals surface area contributed by atoms with Crippen LogP contribution in [-0.4, -0.2) is 82.8 Å². The zero-order valence-corrected chi connectivity index (χ0v) is 27.6. The summed E-state index contributed by atoms with van der Waals surface area (Å²) >= 11 is 1.44. The number of fused-ring (bicyclic) bond motifs is 1. The van der Waals surface area contributed by atoms with E-state index in [-0.39, 0.29) is 38.3 Å². The van der Waals surface area contributed by atoms with Gasteiger partial charge in [-0.05, 0) is 60.5 Å². The van der Waals surface area contributed by atoms with Crippen molar-refractivity contribution in [3.8, 4) is 0 Å². The Balaban J connectivity index is 1.19. The lowest BCUT2D eigenvalue weighted by atomic mass is 9.90. The number of halogens is 6. The van der Waals surface area contributed by atoms with Crippen LogP contribution >= 0.6 is 11.3 Å².